The van der Waals surface area contributed by atoms with E-state index in [0.717, 1.165) is 55.7 Å². The highest BCUT2D eigenvalue weighted by molar-refractivity contribution is 9.10. The average Bonchev–Trinajstić information content (AvgIpc) is 3.09. The zero-order chi connectivity index (χ0) is 13.9. The van der Waals surface area contributed by atoms with Crippen molar-refractivity contribution in [3.8, 4) is 5.75 Å². The van der Waals surface area contributed by atoms with Crippen molar-refractivity contribution in [2.75, 3.05) is 19.8 Å². The molecule has 0 amide bonds. The molecule has 0 saturated carbocycles. The first-order chi connectivity index (χ1) is 9.79. The van der Waals surface area contributed by atoms with Crippen LogP contribution in [0.2, 0.25) is 0 Å². The predicted octanol–water partition coefficient (Wildman–Crippen LogP) is 3.60. The second-order valence-electron chi connectivity index (χ2n) is 5.56. The van der Waals surface area contributed by atoms with Gasteiger partial charge in [0.2, 0.25) is 0 Å². The summed E-state index contributed by atoms with van der Waals surface area (Å²) in [6, 6.07) is 4.61. The average molecular weight is 340 g/mol. The topological polar surface area (TPSA) is 30.5 Å². The van der Waals surface area contributed by atoms with Crippen LogP contribution in [0.15, 0.2) is 16.6 Å². The van der Waals surface area contributed by atoms with Crippen LogP contribution in [-0.4, -0.2) is 25.9 Å². The molecule has 20 heavy (non-hydrogen) atoms. The van der Waals surface area contributed by atoms with Crippen molar-refractivity contribution < 1.29 is 9.47 Å². The maximum Gasteiger partial charge on any atom is 0.127 e. The van der Waals surface area contributed by atoms with Crippen LogP contribution in [0.1, 0.15) is 43.4 Å². The van der Waals surface area contributed by atoms with Crippen molar-refractivity contribution in [3.63, 3.8) is 0 Å². The van der Waals surface area contributed by atoms with Crippen molar-refractivity contribution in [1.29, 1.82) is 0 Å². The molecule has 0 aromatic heterocycles. The molecule has 1 saturated heterocycles. The summed E-state index contributed by atoms with van der Waals surface area (Å²) in [6.45, 7) is 4.88. The molecule has 2 aliphatic heterocycles. The van der Waals surface area contributed by atoms with Gasteiger partial charge in [-0.15, -0.1) is 0 Å². The number of fused-ring (bicyclic) bond motifs is 1. The van der Waals surface area contributed by atoms with Gasteiger partial charge in [0.1, 0.15) is 5.75 Å². The van der Waals surface area contributed by atoms with E-state index in [1.165, 1.54) is 11.1 Å². The summed E-state index contributed by atoms with van der Waals surface area (Å²) in [4.78, 5) is 0. The van der Waals surface area contributed by atoms with E-state index in [1.54, 1.807) is 0 Å². The van der Waals surface area contributed by atoms with E-state index in [2.05, 4.69) is 40.3 Å². The number of rotatable bonds is 5. The van der Waals surface area contributed by atoms with Crippen LogP contribution in [0.25, 0.3) is 0 Å². The highest BCUT2D eigenvalue weighted by atomic mass is 79.9. The van der Waals surface area contributed by atoms with Crippen LogP contribution in [-0.2, 0) is 11.2 Å². The summed E-state index contributed by atoms with van der Waals surface area (Å²) in [6.07, 6.45) is 4.69. The molecule has 0 radical (unpaired) electrons. The highest BCUT2D eigenvalue weighted by Gasteiger charge is 2.31. The molecule has 3 nitrogen and oxygen atoms in total. The Kier molecular flexibility index (Phi) is 4.64. The van der Waals surface area contributed by atoms with Gasteiger partial charge in [0, 0.05) is 23.1 Å². The van der Waals surface area contributed by atoms with Crippen molar-refractivity contribution in [2.24, 2.45) is 0 Å². The molecular weight excluding hydrogens is 318 g/mol. The third-order valence-electron chi connectivity index (χ3n) is 4.06. The summed E-state index contributed by atoms with van der Waals surface area (Å²) in [5.74, 6) is 1.08. The summed E-state index contributed by atoms with van der Waals surface area (Å²) in [5.41, 5.74) is 2.57. The predicted molar refractivity (Wildman–Crippen MR) is 83.3 cm³/mol. The molecule has 4 heteroatoms. The maximum atomic E-state index is 5.93. The van der Waals surface area contributed by atoms with Gasteiger partial charge in [-0.2, -0.15) is 0 Å². The third-order valence-corrected chi connectivity index (χ3v) is 4.52. The normalized spacial score (nSPS) is 22.6. The number of halogens is 1. The zero-order valence-electron chi connectivity index (χ0n) is 12.0. The minimum Gasteiger partial charge on any atom is -0.493 e. The molecule has 1 N–H and O–H groups in total. The fourth-order valence-electron chi connectivity index (χ4n) is 3.14. The first kappa shape index (κ1) is 14.4. The number of ether oxygens (including phenoxy) is 2. The zero-order valence-corrected chi connectivity index (χ0v) is 13.5. The Labute approximate surface area is 129 Å². The van der Waals surface area contributed by atoms with E-state index in [1.807, 2.05) is 0 Å². The molecule has 0 spiro atoms. The lowest BCUT2D eigenvalue weighted by Crippen LogP contribution is -2.32. The Bertz CT molecular complexity index is 472. The summed E-state index contributed by atoms with van der Waals surface area (Å²) >= 11 is 3.64. The van der Waals surface area contributed by atoms with E-state index in [0.29, 0.717) is 0 Å². The molecule has 0 bridgehead atoms. The van der Waals surface area contributed by atoms with Crippen LogP contribution in [0, 0.1) is 0 Å². The van der Waals surface area contributed by atoms with Crippen LogP contribution in [0.4, 0.5) is 0 Å². The smallest absolute Gasteiger partial charge is 0.127 e. The lowest BCUT2D eigenvalue weighted by Gasteiger charge is -2.26. The van der Waals surface area contributed by atoms with E-state index >= 15 is 0 Å². The molecule has 1 fully saturated rings. The summed E-state index contributed by atoms with van der Waals surface area (Å²) < 4.78 is 13.0. The highest BCUT2D eigenvalue weighted by Crippen LogP contribution is 2.39. The van der Waals surface area contributed by atoms with Crippen LogP contribution < -0.4 is 10.1 Å². The monoisotopic (exact) mass is 339 g/mol. The Balaban J connectivity index is 1.93. The van der Waals surface area contributed by atoms with Gasteiger partial charge in [-0.25, -0.2) is 0 Å². The number of hydrogen-bond acceptors (Lipinski definition) is 3. The van der Waals surface area contributed by atoms with Crippen LogP contribution in [0.3, 0.4) is 0 Å². The fraction of sp³-hybridized carbons (Fsp3) is 0.625. The van der Waals surface area contributed by atoms with E-state index in [9.17, 15) is 0 Å². The lowest BCUT2D eigenvalue weighted by molar-refractivity contribution is 0.0774. The molecule has 1 aromatic rings. The van der Waals surface area contributed by atoms with Gasteiger partial charge in [0.05, 0.1) is 18.8 Å². The molecular formula is C16H22BrNO2. The van der Waals surface area contributed by atoms with Gasteiger partial charge in [-0.3, -0.25) is 0 Å². The minimum absolute atomic E-state index is 0.238. The van der Waals surface area contributed by atoms with Gasteiger partial charge < -0.3 is 14.8 Å². The third kappa shape index (κ3) is 2.87. The quantitative estimate of drug-likeness (QED) is 0.888. The number of benzene rings is 1. The Morgan fingerprint density at radius 2 is 2.30 bits per heavy atom. The second kappa shape index (κ2) is 6.46. The number of hydrogen-bond donors (Lipinski definition) is 1. The Morgan fingerprint density at radius 1 is 1.40 bits per heavy atom. The van der Waals surface area contributed by atoms with Gasteiger partial charge in [-0.1, -0.05) is 22.9 Å². The fourth-order valence-corrected chi connectivity index (χ4v) is 3.66. The maximum absolute atomic E-state index is 5.93. The first-order valence-electron chi connectivity index (χ1n) is 7.59. The molecule has 2 unspecified atom stereocenters. The molecule has 1 aromatic carbocycles. The van der Waals surface area contributed by atoms with Gasteiger partial charge in [0.15, 0.2) is 0 Å². The van der Waals surface area contributed by atoms with E-state index in [4.69, 9.17) is 9.47 Å². The standard InChI is InChI=1S/C16H22BrNO2/c1-2-6-18-15(14-4-3-7-19-14)13-10-12(17)9-11-5-8-20-16(11)13/h9-10,14-15,18H,2-8H2,1H3. The molecule has 2 aliphatic rings. The lowest BCUT2D eigenvalue weighted by atomic mass is 9.96. The van der Waals surface area contributed by atoms with E-state index in [-0.39, 0.29) is 12.1 Å². The van der Waals surface area contributed by atoms with E-state index < -0.39 is 0 Å². The number of nitrogens with one attached hydrogen (secondary N) is 1. The first-order valence-corrected chi connectivity index (χ1v) is 8.39. The van der Waals surface area contributed by atoms with Crippen LogP contribution >= 0.6 is 15.9 Å². The Morgan fingerprint density at radius 3 is 3.05 bits per heavy atom. The second-order valence-corrected chi connectivity index (χ2v) is 6.48. The molecule has 0 aliphatic carbocycles. The van der Waals surface area contributed by atoms with Crippen molar-refractivity contribution in [3.05, 3.63) is 27.7 Å². The van der Waals surface area contributed by atoms with Crippen molar-refractivity contribution in [1.82, 2.24) is 5.32 Å². The summed E-state index contributed by atoms with van der Waals surface area (Å²) in [5, 5.41) is 3.66. The molecule has 110 valence electrons. The Hall–Kier alpha value is -0.580. The van der Waals surface area contributed by atoms with Gasteiger partial charge >= 0.3 is 0 Å². The molecule has 2 heterocycles. The van der Waals surface area contributed by atoms with Crippen molar-refractivity contribution in [2.45, 2.75) is 44.8 Å². The SMILES string of the molecule is CCCNC(c1cc(Br)cc2c1OCC2)C1CCCO1. The van der Waals surface area contributed by atoms with Gasteiger partial charge in [-0.05, 0) is 43.5 Å². The van der Waals surface area contributed by atoms with Crippen LogP contribution in [0.5, 0.6) is 5.75 Å². The van der Waals surface area contributed by atoms with Gasteiger partial charge in [0.25, 0.3) is 0 Å². The largest absolute Gasteiger partial charge is 0.493 e. The molecule has 2 atom stereocenters. The minimum atomic E-state index is 0.238. The molecule has 3 rings (SSSR count). The van der Waals surface area contributed by atoms with Crippen molar-refractivity contribution >= 4 is 15.9 Å². The summed E-state index contributed by atoms with van der Waals surface area (Å²) in [7, 11) is 0.